The second-order valence-corrected chi connectivity index (χ2v) is 6.00. The molecule has 1 aliphatic rings. The van der Waals surface area contributed by atoms with E-state index in [1.165, 1.54) is 5.56 Å². The molecule has 2 aromatic rings. The summed E-state index contributed by atoms with van der Waals surface area (Å²) in [5, 5.41) is 4.06. The number of aryl methyl sites for hydroxylation is 1. The van der Waals surface area contributed by atoms with Crippen molar-refractivity contribution in [3.05, 3.63) is 41.5 Å². The van der Waals surface area contributed by atoms with Crippen LogP contribution in [-0.4, -0.2) is 17.3 Å². The molecule has 1 saturated carbocycles. The first-order valence-corrected chi connectivity index (χ1v) is 7.34. The second-order valence-electron chi connectivity index (χ2n) is 6.00. The summed E-state index contributed by atoms with van der Waals surface area (Å²) in [6, 6.07) is 8.03. The maximum atomic E-state index is 6.37. The molecule has 2 N–H and O–H groups in total. The second kappa shape index (κ2) is 5.48. The van der Waals surface area contributed by atoms with E-state index in [1.54, 1.807) is 7.11 Å². The molecule has 1 unspecified atom stereocenters. The molecule has 1 fully saturated rings. The topological polar surface area (TPSA) is 74.2 Å². The van der Waals surface area contributed by atoms with Crippen LogP contribution in [0.2, 0.25) is 0 Å². The van der Waals surface area contributed by atoms with Crippen LogP contribution in [0.1, 0.15) is 49.4 Å². The molecule has 1 aliphatic carbocycles. The van der Waals surface area contributed by atoms with Crippen molar-refractivity contribution in [2.75, 3.05) is 7.11 Å². The van der Waals surface area contributed by atoms with Gasteiger partial charge in [0.15, 0.2) is 5.82 Å². The Labute approximate surface area is 124 Å². The van der Waals surface area contributed by atoms with Gasteiger partial charge in [0.2, 0.25) is 5.89 Å². The number of hydrogen-bond acceptors (Lipinski definition) is 5. The Kier molecular flexibility index (Phi) is 3.68. The van der Waals surface area contributed by atoms with Gasteiger partial charge in [0.05, 0.1) is 12.6 Å². The van der Waals surface area contributed by atoms with Gasteiger partial charge in [-0.15, -0.1) is 0 Å². The molecule has 21 heavy (non-hydrogen) atoms. The van der Waals surface area contributed by atoms with Crippen LogP contribution in [0.25, 0.3) is 0 Å². The maximum Gasteiger partial charge on any atom is 0.229 e. The van der Waals surface area contributed by atoms with Gasteiger partial charge in [0.25, 0.3) is 0 Å². The monoisotopic (exact) mass is 287 g/mol. The molecule has 0 spiro atoms. The Morgan fingerprint density at radius 1 is 1.33 bits per heavy atom. The Morgan fingerprint density at radius 3 is 2.67 bits per heavy atom. The van der Waals surface area contributed by atoms with Crippen LogP contribution >= 0.6 is 0 Å². The summed E-state index contributed by atoms with van der Waals surface area (Å²) in [5.74, 6) is 2.68. The first-order chi connectivity index (χ1) is 10.1. The number of benzene rings is 1. The van der Waals surface area contributed by atoms with Crippen molar-refractivity contribution in [2.24, 2.45) is 5.73 Å². The van der Waals surface area contributed by atoms with E-state index in [0.29, 0.717) is 11.7 Å². The number of aromatic nitrogens is 2. The molecular weight excluding hydrogens is 266 g/mol. The highest BCUT2D eigenvalue weighted by atomic mass is 16.5. The SMILES string of the molecule is COc1ccc(CCC(C)(N)c2noc(C3CC3)n2)cc1. The number of ether oxygens (including phenoxy) is 1. The van der Waals surface area contributed by atoms with E-state index in [9.17, 15) is 0 Å². The molecule has 5 heteroatoms. The highest BCUT2D eigenvalue weighted by Gasteiger charge is 2.33. The van der Waals surface area contributed by atoms with Gasteiger partial charge in [0.1, 0.15) is 5.75 Å². The zero-order chi connectivity index (χ0) is 14.9. The lowest BCUT2D eigenvalue weighted by molar-refractivity contribution is 0.348. The van der Waals surface area contributed by atoms with Gasteiger partial charge in [-0.2, -0.15) is 4.98 Å². The number of methoxy groups -OCH3 is 1. The van der Waals surface area contributed by atoms with Crippen molar-refractivity contribution < 1.29 is 9.26 Å². The van der Waals surface area contributed by atoms with Gasteiger partial charge < -0.3 is 15.0 Å². The third-order valence-electron chi connectivity index (χ3n) is 3.97. The zero-order valence-electron chi connectivity index (χ0n) is 12.5. The Bertz CT molecular complexity index is 600. The smallest absolute Gasteiger partial charge is 0.229 e. The summed E-state index contributed by atoms with van der Waals surface area (Å²) in [4.78, 5) is 4.46. The largest absolute Gasteiger partial charge is 0.497 e. The molecular formula is C16H21N3O2. The van der Waals surface area contributed by atoms with Gasteiger partial charge in [0, 0.05) is 5.92 Å². The number of nitrogens with two attached hydrogens (primary N) is 1. The molecule has 1 aromatic heterocycles. The van der Waals surface area contributed by atoms with E-state index < -0.39 is 5.54 Å². The minimum Gasteiger partial charge on any atom is -0.497 e. The summed E-state index contributed by atoms with van der Waals surface area (Å²) in [7, 11) is 1.67. The summed E-state index contributed by atoms with van der Waals surface area (Å²) < 4.78 is 10.5. The number of hydrogen-bond donors (Lipinski definition) is 1. The number of nitrogens with zero attached hydrogens (tertiary/aromatic N) is 2. The van der Waals surface area contributed by atoms with Crippen molar-refractivity contribution in [3.63, 3.8) is 0 Å². The van der Waals surface area contributed by atoms with E-state index in [0.717, 1.165) is 37.3 Å². The molecule has 1 aromatic carbocycles. The molecule has 1 atom stereocenters. The van der Waals surface area contributed by atoms with Crippen LogP contribution in [0, 0.1) is 0 Å². The van der Waals surface area contributed by atoms with Gasteiger partial charge >= 0.3 is 0 Å². The third kappa shape index (κ3) is 3.24. The van der Waals surface area contributed by atoms with Crippen LogP contribution < -0.4 is 10.5 Å². The highest BCUT2D eigenvalue weighted by Crippen LogP contribution is 2.39. The highest BCUT2D eigenvalue weighted by molar-refractivity contribution is 5.27. The lowest BCUT2D eigenvalue weighted by Gasteiger charge is -2.20. The molecule has 0 bridgehead atoms. The molecule has 5 nitrogen and oxygen atoms in total. The maximum absolute atomic E-state index is 6.37. The minimum absolute atomic E-state index is 0.462. The van der Waals surface area contributed by atoms with Crippen molar-refractivity contribution in [3.8, 4) is 5.75 Å². The van der Waals surface area contributed by atoms with Crippen LogP contribution in [0.15, 0.2) is 28.8 Å². The average molecular weight is 287 g/mol. The van der Waals surface area contributed by atoms with Crippen molar-refractivity contribution in [1.29, 1.82) is 0 Å². The molecule has 3 rings (SSSR count). The standard InChI is InChI=1S/C16H21N3O2/c1-16(17,15-18-14(21-19-15)12-5-6-12)10-9-11-3-7-13(20-2)8-4-11/h3-4,7-8,12H,5-6,9-10,17H2,1-2H3. The van der Waals surface area contributed by atoms with E-state index in [2.05, 4.69) is 22.3 Å². The van der Waals surface area contributed by atoms with E-state index in [1.807, 2.05) is 19.1 Å². The van der Waals surface area contributed by atoms with Gasteiger partial charge in [-0.25, -0.2) is 0 Å². The van der Waals surface area contributed by atoms with Gasteiger partial charge in [-0.3, -0.25) is 0 Å². The summed E-state index contributed by atoms with van der Waals surface area (Å²) in [6.07, 6.45) is 3.93. The van der Waals surface area contributed by atoms with E-state index in [-0.39, 0.29) is 0 Å². The lowest BCUT2D eigenvalue weighted by atomic mass is 9.93. The fourth-order valence-electron chi connectivity index (χ4n) is 2.27. The van der Waals surface area contributed by atoms with Crippen molar-refractivity contribution in [2.45, 2.75) is 44.1 Å². The fraction of sp³-hybridized carbons (Fsp3) is 0.500. The minimum atomic E-state index is -0.573. The summed E-state index contributed by atoms with van der Waals surface area (Å²) in [5.41, 5.74) is 7.01. The predicted octanol–water partition coefficient (Wildman–Crippen LogP) is 2.76. The normalized spacial score (nSPS) is 17.5. The molecule has 0 radical (unpaired) electrons. The number of rotatable bonds is 6. The van der Waals surface area contributed by atoms with Crippen molar-refractivity contribution in [1.82, 2.24) is 10.1 Å². The predicted molar refractivity (Wildman–Crippen MR) is 79.1 cm³/mol. The summed E-state index contributed by atoms with van der Waals surface area (Å²) >= 11 is 0. The van der Waals surface area contributed by atoms with Crippen LogP contribution in [-0.2, 0) is 12.0 Å². The van der Waals surface area contributed by atoms with Crippen LogP contribution in [0.4, 0.5) is 0 Å². The first kappa shape index (κ1) is 14.1. The molecule has 0 amide bonds. The van der Waals surface area contributed by atoms with E-state index >= 15 is 0 Å². The lowest BCUT2D eigenvalue weighted by Crippen LogP contribution is -2.35. The van der Waals surface area contributed by atoms with Crippen LogP contribution in [0.3, 0.4) is 0 Å². The molecule has 112 valence electrons. The third-order valence-corrected chi connectivity index (χ3v) is 3.97. The van der Waals surface area contributed by atoms with Crippen molar-refractivity contribution >= 4 is 0 Å². The molecule has 0 aliphatic heterocycles. The molecule has 1 heterocycles. The average Bonchev–Trinajstić information content (AvgIpc) is 3.22. The Hall–Kier alpha value is -1.88. The summed E-state index contributed by atoms with van der Waals surface area (Å²) in [6.45, 7) is 1.96. The fourth-order valence-corrected chi connectivity index (χ4v) is 2.27. The van der Waals surface area contributed by atoms with Gasteiger partial charge in [-0.05, 0) is 50.3 Å². The Balaban J connectivity index is 1.63. The van der Waals surface area contributed by atoms with Gasteiger partial charge in [-0.1, -0.05) is 17.3 Å². The Morgan fingerprint density at radius 2 is 2.05 bits per heavy atom. The van der Waals surface area contributed by atoms with Crippen LogP contribution in [0.5, 0.6) is 5.75 Å². The quantitative estimate of drug-likeness (QED) is 0.884. The zero-order valence-corrected chi connectivity index (χ0v) is 12.5. The first-order valence-electron chi connectivity index (χ1n) is 7.34. The molecule has 0 saturated heterocycles. The van der Waals surface area contributed by atoms with E-state index in [4.69, 9.17) is 15.0 Å².